The number of ether oxygens (including phenoxy) is 2. The number of methoxy groups -OCH3 is 1. The number of H-pyrrole nitrogens is 1. The predicted octanol–water partition coefficient (Wildman–Crippen LogP) is 2.99. The van der Waals surface area contributed by atoms with E-state index >= 15 is 0 Å². The number of esters is 2. The van der Waals surface area contributed by atoms with Crippen molar-refractivity contribution in [3.63, 3.8) is 0 Å². The summed E-state index contributed by atoms with van der Waals surface area (Å²) in [7, 11) is 1.30. The fourth-order valence-corrected chi connectivity index (χ4v) is 4.66. The van der Waals surface area contributed by atoms with Crippen LogP contribution in [0.15, 0.2) is 12.3 Å². The molecule has 1 atom stereocenters. The minimum absolute atomic E-state index is 0.0822. The van der Waals surface area contributed by atoms with Crippen molar-refractivity contribution in [2.45, 2.75) is 33.1 Å². The highest BCUT2D eigenvalue weighted by Gasteiger charge is 2.29. The fourth-order valence-electron chi connectivity index (χ4n) is 3.24. The number of carbonyl (C=O) groups excluding carboxylic acids is 4. The molecule has 154 valence electrons. The molecule has 2 N–H and O–H groups in total. The zero-order valence-electron chi connectivity index (χ0n) is 16.4. The first-order chi connectivity index (χ1) is 13.8. The Morgan fingerprint density at radius 1 is 1.28 bits per heavy atom. The van der Waals surface area contributed by atoms with E-state index in [4.69, 9.17) is 9.47 Å². The Morgan fingerprint density at radius 2 is 2.03 bits per heavy atom. The van der Waals surface area contributed by atoms with E-state index in [0.717, 1.165) is 29.7 Å². The standard InChI is InChI=1S/C20H22N2O6S/c1-10-4-5-13-15(6-10)29-18(17(13)20(26)27-3)22-16(24)9-28-19(25)14-7-12(8-21-14)11(2)23/h7-8,10,21H,4-6,9H2,1-3H3,(H,22,24)/t10-/m0/s1. The van der Waals surface area contributed by atoms with Gasteiger partial charge in [0.15, 0.2) is 12.4 Å². The smallest absolute Gasteiger partial charge is 0.355 e. The maximum atomic E-state index is 12.3. The van der Waals surface area contributed by atoms with Crippen LogP contribution in [0.4, 0.5) is 5.00 Å². The highest BCUT2D eigenvalue weighted by molar-refractivity contribution is 7.17. The number of amides is 1. The van der Waals surface area contributed by atoms with E-state index in [-0.39, 0.29) is 11.5 Å². The number of carbonyl (C=O) groups is 4. The summed E-state index contributed by atoms with van der Waals surface area (Å²) in [5, 5.41) is 3.08. The van der Waals surface area contributed by atoms with E-state index in [1.54, 1.807) is 0 Å². The summed E-state index contributed by atoms with van der Waals surface area (Å²) < 4.78 is 9.88. The van der Waals surface area contributed by atoms with Gasteiger partial charge in [0.05, 0.1) is 12.7 Å². The Hall–Kier alpha value is -2.94. The minimum atomic E-state index is -0.750. The van der Waals surface area contributed by atoms with Crippen molar-refractivity contribution >= 4 is 40.0 Å². The lowest BCUT2D eigenvalue weighted by atomic mass is 9.88. The molecule has 0 saturated carbocycles. The molecular formula is C20H22N2O6S. The second kappa shape index (κ2) is 8.60. The summed E-state index contributed by atoms with van der Waals surface area (Å²) in [4.78, 5) is 51.6. The number of rotatable bonds is 6. The van der Waals surface area contributed by atoms with E-state index in [1.165, 1.54) is 37.6 Å². The van der Waals surface area contributed by atoms with Crippen LogP contribution in [0.2, 0.25) is 0 Å². The lowest BCUT2D eigenvalue weighted by Crippen LogP contribution is -2.22. The van der Waals surface area contributed by atoms with E-state index in [2.05, 4.69) is 17.2 Å². The normalized spacial score (nSPS) is 15.3. The first-order valence-corrected chi connectivity index (χ1v) is 10.0. The Labute approximate surface area is 171 Å². The first kappa shape index (κ1) is 20.8. The van der Waals surface area contributed by atoms with Crippen LogP contribution in [-0.2, 0) is 27.1 Å². The largest absolute Gasteiger partial charge is 0.465 e. The molecule has 0 saturated heterocycles. The van der Waals surface area contributed by atoms with E-state index in [1.807, 2.05) is 0 Å². The van der Waals surface area contributed by atoms with Gasteiger partial charge in [-0.1, -0.05) is 6.92 Å². The molecule has 0 fully saturated rings. The molecule has 3 rings (SSSR count). The number of anilines is 1. The highest BCUT2D eigenvalue weighted by atomic mass is 32.1. The van der Waals surface area contributed by atoms with Crippen molar-refractivity contribution in [3.05, 3.63) is 39.5 Å². The van der Waals surface area contributed by atoms with Crippen LogP contribution in [0, 0.1) is 5.92 Å². The van der Waals surface area contributed by atoms with Gasteiger partial charge in [-0.15, -0.1) is 11.3 Å². The third-order valence-corrected chi connectivity index (χ3v) is 5.97. The van der Waals surface area contributed by atoms with Crippen LogP contribution in [0.1, 0.15) is 61.9 Å². The Balaban J connectivity index is 1.68. The molecule has 1 aliphatic carbocycles. The number of Topliss-reactive ketones (excluding diaryl/α,β-unsaturated/α-hetero) is 1. The summed E-state index contributed by atoms with van der Waals surface area (Å²) in [5.74, 6) is -1.48. The first-order valence-electron chi connectivity index (χ1n) is 9.19. The third-order valence-electron chi connectivity index (χ3n) is 4.80. The van der Waals surface area contributed by atoms with Crippen molar-refractivity contribution in [2.75, 3.05) is 19.0 Å². The second-order valence-corrected chi connectivity index (χ2v) is 8.14. The minimum Gasteiger partial charge on any atom is -0.465 e. The van der Waals surface area contributed by atoms with Gasteiger partial charge >= 0.3 is 11.9 Å². The number of hydrogen-bond acceptors (Lipinski definition) is 7. The molecule has 2 aromatic heterocycles. The van der Waals surface area contributed by atoms with Gasteiger partial charge in [-0.3, -0.25) is 9.59 Å². The number of aromatic nitrogens is 1. The van der Waals surface area contributed by atoms with Crippen molar-refractivity contribution in [2.24, 2.45) is 5.92 Å². The van der Waals surface area contributed by atoms with Gasteiger partial charge in [0.25, 0.3) is 5.91 Å². The molecule has 0 unspecified atom stereocenters. The quantitative estimate of drug-likeness (QED) is 0.551. The molecule has 0 aliphatic heterocycles. The fraction of sp³-hybridized carbons (Fsp3) is 0.400. The SMILES string of the molecule is COC(=O)c1c(NC(=O)COC(=O)c2cc(C(C)=O)c[nH]2)sc2c1CC[C@H](C)C2. The number of ketones is 1. The number of fused-ring (bicyclic) bond motifs is 1. The molecule has 9 heteroatoms. The molecule has 0 radical (unpaired) electrons. The number of thiophene rings is 1. The van der Waals surface area contributed by atoms with Gasteiger partial charge in [-0.05, 0) is 43.7 Å². The zero-order chi connectivity index (χ0) is 21.1. The summed E-state index contributed by atoms with van der Waals surface area (Å²) in [6.07, 6.45) is 3.98. The van der Waals surface area contributed by atoms with Gasteiger partial charge in [0, 0.05) is 16.6 Å². The summed E-state index contributed by atoms with van der Waals surface area (Å²) in [6.45, 7) is 3.01. The number of aromatic amines is 1. The topological polar surface area (TPSA) is 115 Å². The predicted molar refractivity (Wildman–Crippen MR) is 107 cm³/mol. The van der Waals surface area contributed by atoms with Crippen LogP contribution < -0.4 is 5.32 Å². The van der Waals surface area contributed by atoms with Gasteiger partial charge in [0.1, 0.15) is 10.7 Å². The zero-order valence-corrected chi connectivity index (χ0v) is 17.2. The van der Waals surface area contributed by atoms with Crippen molar-refractivity contribution in [1.29, 1.82) is 0 Å². The molecule has 0 spiro atoms. The third kappa shape index (κ3) is 4.56. The molecule has 2 aromatic rings. The maximum absolute atomic E-state index is 12.3. The average molecular weight is 418 g/mol. The van der Waals surface area contributed by atoms with Gasteiger partial charge in [0.2, 0.25) is 0 Å². The molecule has 0 aromatic carbocycles. The molecule has 29 heavy (non-hydrogen) atoms. The van der Waals surface area contributed by atoms with Crippen LogP contribution in [0.5, 0.6) is 0 Å². The maximum Gasteiger partial charge on any atom is 0.355 e. The lowest BCUT2D eigenvalue weighted by molar-refractivity contribution is -0.119. The number of nitrogens with one attached hydrogen (secondary N) is 2. The molecule has 1 amide bonds. The molecule has 1 aliphatic rings. The average Bonchev–Trinajstić information content (AvgIpc) is 3.30. The molecule has 2 heterocycles. The van der Waals surface area contributed by atoms with E-state index < -0.39 is 24.5 Å². The van der Waals surface area contributed by atoms with Crippen LogP contribution in [0.25, 0.3) is 0 Å². The van der Waals surface area contributed by atoms with Crippen LogP contribution >= 0.6 is 11.3 Å². The lowest BCUT2D eigenvalue weighted by Gasteiger charge is -2.18. The second-order valence-electron chi connectivity index (χ2n) is 7.03. The summed E-state index contributed by atoms with van der Waals surface area (Å²) >= 11 is 1.36. The van der Waals surface area contributed by atoms with Gasteiger partial charge < -0.3 is 19.8 Å². The molecular weight excluding hydrogens is 396 g/mol. The summed E-state index contributed by atoms with van der Waals surface area (Å²) in [5.41, 5.74) is 1.74. The monoisotopic (exact) mass is 418 g/mol. The van der Waals surface area contributed by atoms with Crippen molar-refractivity contribution in [1.82, 2.24) is 4.98 Å². The van der Waals surface area contributed by atoms with Gasteiger partial charge in [-0.2, -0.15) is 0 Å². The van der Waals surface area contributed by atoms with Crippen LogP contribution in [-0.4, -0.2) is 42.3 Å². The molecule has 0 bridgehead atoms. The highest BCUT2D eigenvalue weighted by Crippen LogP contribution is 2.40. The summed E-state index contributed by atoms with van der Waals surface area (Å²) in [6, 6.07) is 1.37. The molecule has 8 nitrogen and oxygen atoms in total. The van der Waals surface area contributed by atoms with E-state index in [9.17, 15) is 19.2 Å². The Kier molecular flexibility index (Phi) is 6.17. The van der Waals surface area contributed by atoms with Crippen LogP contribution in [0.3, 0.4) is 0 Å². The van der Waals surface area contributed by atoms with Gasteiger partial charge in [-0.25, -0.2) is 9.59 Å². The Bertz CT molecular complexity index is 974. The van der Waals surface area contributed by atoms with E-state index in [0.29, 0.717) is 22.0 Å². The Morgan fingerprint density at radius 3 is 2.69 bits per heavy atom. The van der Waals surface area contributed by atoms with Crippen molar-refractivity contribution < 1.29 is 28.7 Å². The van der Waals surface area contributed by atoms with Crippen molar-refractivity contribution in [3.8, 4) is 0 Å². The number of hydrogen-bond donors (Lipinski definition) is 2.